The van der Waals surface area contributed by atoms with Crippen molar-refractivity contribution in [1.29, 1.82) is 0 Å². The average molecular weight is 556 g/mol. The monoisotopic (exact) mass is 554 g/mol. The molecule has 194 valence electrons. The number of thioether (sulfide) groups is 1. The normalized spacial score (nSPS) is 14.3. The Morgan fingerprint density at radius 3 is 2.05 bits per heavy atom. The molecule has 0 unspecified atom stereocenters. The molecule has 7 heteroatoms. The zero-order chi connectivity index (χ0) is 26.0. The predicted molar refractivity (Wildman–Crippen MR) is 154 cm³/mol. The van der Waals surface area contributed by atoms with E-state index in [0.29, 0.717) is 28.8 Å². The molecular weight excluding hydrogens is 523 g/mol. The van der Waals surface area contributed by atoms with E-state index in [1.54, 1.807) is 16.7 Å². The molecule has 1 N–H and O–H groups in total. The van der Waals surface area contributed by atoms with Gasteiger partial charge in [0.2, 0.25) is 11.8 Å². The van der Waals surface area contributed by atoms with Crippen LogP contribution in [0, 0.1) is 0 Å². The first kappa shape index (κ1) is 27.6. The summed E-state index contributed by atoms with van der Waals surface area (Å²) >= 11 is 13.7. The minimum atomic E-state index is -0.609. The van der Waals surface area contributed by atoms with Gasteiger partial charge >= 0.3 is 0 Å². The summed E-state index contributed by atoms with van der Waals surface area (Å²) in [6.07, 6.45) is 4.70. The first-order valence-electron chi connectivity index (χ1n) is 12.7. The fraction of sp³-hybridized carbons (Fsp3) is 0.333. The molecule has 2 amide bonds. The summed E-state index contributed by atoms with van der Waals surface area (Å²) in [6.45, 7) is 0.340. The highest BCUT2D eigenvalue weighted by molar-refractivity contribution is 7.99. The lowest BCUT2D eigenvalue weighted by Crippen LogP contribution is -2.52. The first-order chi connectivity index (χ1) is 18.0. The number of hydrogen-bond donors (Lipinski definition) is 1. The van der Waals surface area contributed by atoms with Gasteiger partial charge < -0.3 is 10.2 Å². The van der Waals surface area contributed by atoms with Crippen LogP contribution in [0.5, 0.6) is 0 Å². The molecule has 0 radical (unpaired) electrons. The summed E-state index contributed by atoms with van der Waals surface area (Å²) < 4.78 is 0. The molecule has 0 aliphatic heterocycles. The van der Waals surface area contributed by atoms with Crippen molar-refractivity contribution >= 4 is 46.8 Å². The van der Waals surface area contributed by atoms with Crippen LogP contribution >= 0.6 is 35.0 Å². The number of halogens is 2. The zero-order valence-corrected chi connectivity index (χ0v) is 23.1. The van der Waals surface area contributed by atoms with Gasteiger partial charge in [0, 0.05) is 34.8 Å². The van der Waals surface area contributed by atoms with Gasteiger partial charge in [-0.1, -0.05) is 90.6 Å². The van der Waals surface area contributed by atoms with E-state index in [4.69, 9.17) is 23.2 Å². The van der Waals surface area contributed by atoms with Gasteiger partial charge in [0.1, 0.15) is 6.04 Å². The quantitative estimate of drug-likeness (QED) is 0.279. The van der Waals surface area contributed by atoms with E-state index in [2.05, 4.69) is 5.32 Å². The van der Waals surface area contributed by atoms with Crippen LogP contribution in [0.1, 0.15) is 42.4 Å². The lowest BCUT2D eigenvalue weighted by atomic mass is 10.0. The standard InChI is InChI=1S/C30H32Cl2N2O2S/c31-25-14-10-23(11-15-25)19-34(29(35)21-37-20-24-12-16-26(32)17-13-24)28(18-22-6-2-1-3-7-22)30(36)33-27-8-4-5-9-27/h1-3,6-7,10-17,27-28H,4-5,8-9,18-21H2,(H,33,36)/t28-/m1/s1. The Morgan fingerprint density at radius 2 is 1.43 bits per heavy atom. The summed E-state index contributed by atoms with van der Waals surface area (Å²) in [5.41, 5.74) is 3.07. The largest absolute Gasteiger partial charge is 0.352 e. The molecule has 1 atom stereocenters. The molecule has 1 fully saturated rings. The third-order valence-corrected chi connectivity index (χ3v) is 8.14. The van der Waals surface area contributed by atoms with Gasteiger partial charge in [-0.3, -0.25) is 9.59 Å². The van der Waals surface area contributed by atoms with Crippen LogP contribution in [0.15, 0.2) is 78.9 Å². The topological polar surface area (TPSA) is 49.4 Å². The summed E-state index contributed by atoms with van der Waals surface area (Å²) in [5, 5.41) is 4.57. The Kier molecular flexibility index (Phi) is 10.4. The third kappa shape index (κ3) is 8.53. The van der Waals surface area contributed by atoms with E-state index < -0.39 is 6.04 Å². The lowest BCUT2D eigenvalue weighted by Gasteiger charge is -2.32. The van der Waals surface area contributed by atoms with Crippen LogP contribution in [-0.4, -0.2) is 34.6 Å². The van der Waals surface area contributed by atoms with E-state index in [1.165, 1.54) is 0 Å². The minimum Gasteiger partial charge on any atom is -0.352 e. The Morgan fingerprint density at radius 1 is 0.838 bits per heavy atom. The van der Waals surface area contributed by atoms with Crippen LogP contribution in [0.3, 0.4) is 0 Å². The predicted octanol–water partition coefficient (Wildman–Crippen LogP) is 6.93. The van der Waals surface area contributed by atoms with Crippen LogP contribution in [0.2, 0.25) is 10.0 Å². The molecular formula is C30H32Cl2N2O2S. The number of rotatable bonds is 11. The van der Waals surface area contributed by atoms with Gasteiger partial charge in [-0.05, 0) is 53.8 Å². The van der Waals surface area contributed by atoms with Gasteiger partial charge in [-0.15, -0.1) is 11.8 Å². The van der Waals surface area contributed by atoms with Gasteiger partial charge in [0.25, 0.3) is 0 Å². The number of nitrogens with zero attached hydrogens (tertiary/aromatic N) is 1. The Bertz CT molecular complexity index is 1150. The second-order valence-electron chi connectivity index (χ2n) is 9.46. The van der Waals surface area contributed by atoms with Crippen molar-refractivity contribution in [2.75, 3.05) is 5.75 Å². The molecule has 37 heavy (non-hydrogen) atoms. The smallest absolute Gasteiger partial charge is 0.243 e. The molecule has 1 aliphatic rings. The Hall–Kier alpha value is -2.47. The molecule has 1 saturated carbocycles. The van der Waals surface area contributed by atoms with Crippen LogP contribution in [0.25, 0.3) is 0 Å². The maximum Gasteiger partial charge on any atom is 0.243 e. The third-order valence-electron chi connectivity index (χ3n) is 6.65. The van der Waals surface area contributed by atoms with E-state index in [-0.39, 0.29) is 23.6 Å². The minimum absolute atomic E-state index is 0.0589. The Balaban J connectivity index is 1.55. The van der Waals surface area contributed by atoms with Crippen molar-refractivity contribution in [3.05, 3.63) is 106 Å². The number of nitrogens with one attached hydrogen (secondary N) is 1. The molecule has 4 nitrogen and oxygen atoms in total. The van der Waals surface area contributed by atoms with E-state index in [9.17, 15) is 9.59 Å². The maximum absolute atomic E-state index is 13.7. The molecule has 0 aromatic heterocycles. The van der Waals surface area contributed by atoms with E-state index in [1.807, 2.05) is 78.9 Å². The van der Waals surface area contributed by atoms with Crippen molar-refractivity contribution in [3.63, 3.8) is 0 Å². The number of amides is 2. The molecule has 0 saturated heterocycles. The van der Waals surface area contributed by atoms with Crippen LogP contribution in [0.4, 0.5) is 0 Å². The highest BCUT2D eigenvalue weighted by atomic mass is 35.5. The SMILES string of the molecule is O=C(NC1CCCC1)[C@@H](Cc1ccccc1)N(Cc1ccc(Cl)cc1)C(=O)CSCc1ccc(Cl)cc1. The first-order valence-corrected chi connectivity index (χ1v) is 14.6. The average Bonchev–Trinajstić information content (AvgIpc) is 3.42. The molecule has 0 bridgehead atoms. The fourth-order valence-electron chi connectivity index (χ4n) is 4.63. The summed E-state index contributed by atoms with van der Waals surface area (Å²) in [5.74, 6) is 0.824. The van der Waals surface area contributed by atoms with Crippen molar-refractivity contribution < 1.29 is 9.59 Å². The van der Waals surface area contributed by atoms with E-state index >= 15 is 0 Å². The maximum atomic E-state index is 13.7. The molecule has 0 spiro atoms. The summed E-state index contributed by atoms with van der Waals surface area (Å²) in [6, 6.07) is 24.6. The van der Waals surface area contributed by atoms with Gasteiger partial charge in [0.05, 0.1) is 5.75 Å². The van der Waals surface area contributed by atoms with Gasteiger partial charge in [-0.2, -0.15) is 0 Å². The summed E-state index contributed by atoms with van der Waals surface area (Å²) in [7, 11) is 0. The lowest BCUT2D eigenvalue weighted by molar-refractivity contribution is -0.139. The van der Waals surface area contributed by atoms with E-state index in [0.717, 1.165) is 42.4 Å². The molecule has 0 heterocycles. The molecule has 1 aliphatic carbocycles. The highest BCUT2D eigenvalue weighted by Gasteiger charge is 2.32. The molecule has 4 rings (SSSR count). The molecule has 3 aromatic carbocycles. The second kappa shape index (κ2) is 13.9. The Labute approximate surface area is 233 Å². The second-order valence-corrected chi connectivity index (χ2v) is 11.3. The van der Waals surface area contributed by atoms with Gasteiger partial charge in [-0.25, -0.2) is 0 Å². The van der Waals surface area contributed by atoms with Crippen molar-refractivity contribution in [2.45, 2.75) is 56.5 Å². The summed E-state index contributed by atoms with van der Waals surface area (Å²) in [4.78, 5) is 29.1. The van der Waals surface area contributed by atoms with Crippen LogP contribution in [-0.2, 0) is 28.3 Å². The zero-order valence-electron chi connectivity index (χ0n) is 20.7. The number of hydrogen-bond acceptors (Lipinski definition) is 3. The number of benzene rings is 3. The van der Waals surface area contributed by atoms with Crippen molar-refractivity contribution in [1.82, 2.24) is 10.2 Å². The highest BCUT2D eigenvalue weighted by Crippen LogP contribution is 2.22. The molecule has 3 aromatic rings. The number of carbonyl (C=O) groups is 2. The van der Waals surface area contributed by atoms with Crippen molar-refractivity contribution in [2.24, 2.45) is 0 Å². The number of carbonyl (C=O) groups excluding carboxylic acids is 2. The van der Waals surface area contributed by atoms with Crippen LogP contribution < -0.4 is 5.32 Å². The van der Waals surface area contributed by atoms with Crippen molar-refractivity contribution in [3.8, 4) is 0 Å². The fourth-order valence-corrected chi connectivity index (χ4v) is 5.75. The van der Waals surface area contributed by atoms with Gasteiger partial charge in [0.15, 0.2) is 0 Å².